The van der Waals surface area contributed by atoms with Gasteiger partial charge in [-0.15, -0.1) is 0 Å². The van der Waals surface area contributed by atoms with E-state index in [1.807, 2.05) is 0 Å². The number of carbonyl (C=O) groups is 1. The Hall–Kier alpha value is -2.15. The van der Waals surface area contributed by atoms with Gasteiger partial charge in [0, 0.05) is 23.7 Å². The van der Waals surface area contributed by atoms with Gasteiger partial charge in [0.2, 0.25) is 0 Å². The number of aliphatic hydroxyl groups is 1. The maximum absolute atomic E-state index is 10.9. The van der Waals surface area contributed by atoms with E-state index in [-0.39, 0.29) is 17.6 Å². The molecule has 7 nitrogen and oxygen atoms in total. The van der Waals surface area contributed by atoms with E-state index in [0.29, 0.717) is 12.2 Å². The molecule has 0 bridgehead atoms. The van der Waals surface area contributed by atoms with Gasteiger partial charge in [0.05, 0.1) is 11.5 Å². The summed E-state index contributed by atoms with van der Waals surface area (Å²) >= 11 is 0. The maximum Gasteiger partial charge on any atom is 0.342 e. The first-order valence-electron chi connectivity index (χ1n) is 5.84. The molecule has 1 fully saturated rings. The Labute approximate surface area is 109 Å². The van der Waals surface area contributed by atoms with Gasteiger partial charge in [-0.2, -0.15) is 0 Å². The number of benzene rings is 1. The van der Waals surface area contributed by atoms with Crippen molar-refractivity contribution < 1.29 is 19.9 Å². The molecule has 1 aliphatic rings. The third-order valence-electron chi connectivity index (χ3n) is 3.38. The number of hydrogen-bond acceptors (Lipinski definition) is 5. The third-order valence-corrected chi connectivity index (χ3v) is 3.38. The first-order chi connectivity index (χ1) is 8.97. The normalized spacial score (nSPS) is 15.8. The molecule has 1 aliphatic carbocycles. The molecule has 102 valence electrons. The standard InChI is InChI=1S/C12H14N2O5/c15-7-12(3-4-12)6-13-8-1-2-9(11(16)17)10(5-8)14(18)19/h1-2,5,13,15H,3-4,6-7H2,(H,16,17). The van der Waals surface area contributed by atoms with Crippen LogP contribution in [0, 0.1) is 15.5 Å². The van der Waals surface area contributed by atoms with E-state index in [2.05, 4.69) is 5.32 Å². The van der Waals surface area contributed by atoms with Gasteiger partial charge >= 0.3 is 5.97 Å². The second-order valence-electron chi connectivity index (χ2n) is 4.81. The Morgan fingerprint density at radius 1 is 1.47 bits per heavy atom. The Bertz CT molecular complexity index is 525. The zero-order valence-electron chi connectivity index (χ0n) is 10.1. The summed E-state index contributed by atoms with van der Waals surface area (Å²) < 4.78 is 0. The first kappa shape index (κ1) is 13.3. The van der Waals surface area contributed by atoms with Crippen LogP contribution in [0.2, 0.25) is 0 Å². The zero-order valence-corrected chi connectivity index (χ0v) is 10.1. The molecular weight excluding hydrogens is 252 g/mol. The van der Waals surface area contributed by atoms with Crippen molar-refractivity contribution in [3.05, 3.63) is 33.9 Å². The fraction of sp³-hybridized carbons (Fsp3) is 0.417. The van der Waals surface area contributed by atoms with Gasteiger partial charge in [0.15, 0.2) is 0 Å². The van der Waals surface area contributed by atoms with E-state index in [0.717, 1.165) is 12.8 Å². The lowest BCUT2D eigenvalue weighted by Gasteiger charge is -2.13. The molecular formula is C12H14N2O5. The van der Waals surface area contributed by atoms with Crippen LogP contribution in [0.3, 0.4) is 0 Å². The van der Waals surface area contributed by atoms with Crippen molar-refractivity contribution in [1.29, 1.82) is 0 Å². The number of nitrogens with one attached hydrogen (secondary N) is 1. The number of aromatic carboxylic acids is 1. The zero-order chi connectivity index (χ0) is 14.0. The molecule has 0 aromatic heterocycles. The van der Waals surface area contributed by atoms with Crippen molar-refractivity contribution in [3.63, 3.8) is 0 Å². The molecule has 0 heterocycles. The highest BCUT2D eigenvalue weighted by Crippen LogP contribution is 2.45. The second-order valence-corrected chi connectivity index (χ2v) is 4.81. The number of nitrogens with zero attached hydrogens (tertiary/aromatic N) is 1. The number of nitro groups is 1. The Morgan fingerprint density at radius 3 is 2.63 bits per heavy atom. The summed E-state index contributed by atoms with van der Waals surface area (Å²) in [5.74, 6) is -1.33. The predicted octanol–water partition coefficient (Wildman–Crippen LogP) is 1.48. The van der Waals surface area contributed by atoms with Crippen LogP contribution in [0.4, 0.5) is 11.4 Å². The summed E-state index contributed by atoms with van der Waals surface area (Å²) in [4.78, 5) is 21.0. The van der Waals surface area contributed by atoms with Crippen molar-refractivity contribution in [2.75, 3.05) is 18.5 Å². The number of hydrogen-bond donors (Lipinski definition) is 3. The average Bonchev–Trinajstić information content (AvgIpc) is 3.16. The molecule has 0 saturated heterocycles. The number of carboxylic acids is 1. The van der Waals surface area contributed by atoms with E-state index >= 15 is 0 Å². The molecule has 2 rings (SSSR count). The van der Waals surface area contributed by atoms with Crippen LogP contribution in [0.15, 0.2) is 18.2 Å². The van der Waals surface area contributed by atoms with E-state index in [1.165, 1.54) is 18.2 Å². The van der Waals surface area contributed by atoms with Crippen LogP contribution in [-0.4, -0.2) is 34.3 Å². The Morgan fingerprint density at radius 2 is 2.16 bits per heavy atom. The van der Waals surface area contributed by atoms with Crippen molar-refractivity contribution in [3.8, 4) is 0 Å². The van der Waals surface area contributed by atoms with Gasteiger partial charge in [-0.25, -0.2) is 4.79 Å². The molecule has 0 amide bonds. The SMILES string of the molecule is O=C(O)c1ccc(NCC2(CO)CC2)cc1[N+](=O)[O-]. The molecule has 1 aromatic carbocycles. The van der Waals surface area contributed by atoms with E-state index < -0.39 is 16.6 Å². The quantitative estimate of drug-likeness (QED) is 0.531. The van der Waals surface area contributed by atoms with Crippen LogP contribution < -0.4 is 5.32 Å². The van der Waals surface area contributed by atoms with E-state index in [1.54, 1.807) is 0 Å². The fourth-order valence-electron chi connectivity index (χ4n) is 1.83. The molecule has 19 heavy (non-hydrogen) atoms. The second kappa shape index (κ2) is 4.85. The molecule has 0 radical (unpaired) electrons. The van der Waals surface area contributed by atoms with Gasteiger partial charge in [0.1, 0.15) is 5.56 Å². The summed E-state index contributed by atoms with van der Waals surface area (Å²) in [6.45, 7) is 0.600. The molecule has 7 heteroatoms. The third kappa shape index (κ3) is 2.82. The highest BCUT2D eigenvalue weighted by molar-refractivity contribution is 5.93. The van der Waals surface area contributed by atoms with Gasteiger partial charge in [-0.3, -0.25) is 10.1 Å². The number of rotatable bonds is 6. The number of nitro benzene ring substituents is 1. The summed E-state index contributed by atoms with van der Waals surface area (Å²) in [5, 5.41) is 31.8. The van der Waals surface area contributed by atoms with Crippen molar-refractivity contribution in [2.45, 2.75) is 12.8 Å². The maximum atomic E-state index is 10.9. The van der Waals surface area contributed by atoms with E-state index in [4.69, 9.17) is 10.2 Å². The van der Waals surface area contributed by atoms with Crippen LogP contribution in [-0.2, 0) is 0 Å². The fourth-order valence-corrected chi connectivity index (χ4v) is 1.83. The minimum atomic E-state index is -1.33. The topological polar surface area (TPSA) is 113 Å². The lowest BCUT2D eigenvalue weighted by atomic mass is 10.1. The van der Waals surface area contributed by atoms with Crippen LogP contribution in [0.25, 0.3) is 0 Å². The highest BCUT2D eigenvalue weighted by atomic mass is 16.6. The lowest BCUT2D eigenvalue weighted by Crippen LogP contribution is -2.19. The summed E-state index contributed by atoms with van der Waals surface area (Å²) in [6, 6.07) is 3.90. The molecule has 1 aromatic rings. The average molecular weight is 266 g/mol. The lowest BCUT2D eigenvalue weighted by molar-refractivity contribution is -0.385. The smallest absolute Gasteiger partial charge is 0.342 e. The molecule has 0 aliphatic heterocycles. The van der Waals surface area contributed by atoms with Crippen LogP contribution in [0.5, 0.6) is 0 Å². The minimum Gasteiger partial charge on any atom is -0.477 e. The molecule has 0 atom stereocenters. The van der Waals surface area contributed by atoms with Crippen molar-refractivity contribution in [2.24, 2.45) is 5.41 Å². The van der Waals surface area contributed by atoms with Crippen molar-refractivity contribution >= 4 is 17.3 Å². The monoisotopic (exact) mass is 266 g/mol. The van der Waals surface area contributed by atoms with Gasteiger partial charge < -0.3 is 15.5 Å². The first-order valence-corrected chi connectivity index (χ1v) is 5.84. The highest BCUT2D eigenvalue weighted by Gasteiger charge is 2.41. The van der Waals surface area contributed by atoms with Gasteiger partial charge in [-0.1, -0.05) is 0 Å². The summed E-state index contributed by atoms with van der Waals surface area (Å²) in [7, 11) is 0. The van der Waals surface area contributed by atoms with Crippen LogP contribution in [0.1, 0.15) is 23.2 Å². The van der Waals surface area contributed by atoms with Crippen molar-refractivity contribution in [1.82, 2.24) is 0 Å². The molecule has 1 saturated carbocycles. The Balaban J connectivity index is 2.16. The van der Waals surface area contributed by atoms with E-state index in [9.17, 15) is 14.9 Å². The number of aliphatic hydroxyl groups excluding tert-OH is 1. The van der Waals surface area contributed by atoms with Crippen LogP contribution >= 0.6 is 0 Å². The molecule has 3 N–H and O–H groups in total. The number of carboxylic acid groups (broad SMARTS) is 1. The predicted molar refractivity (Wildman–Crippen MR) is 67.3 cm³/mol. The van der Waals surface area contributed by atoms with Gasteiger partial charge in [-0.05, 0) is 25.0 Å². The largest absolute Gasteiger partial charge is 0.477 e. The number of anilines is 1. The summed E-state index contributed by atoms with van der Waals surface area (Å²) in [5.41, 5.74) is -0.415. The Kier molecular flexibility index (Phi) is 3.39. The minimum absolute atomic E-state index is 0.0787. The summed E-state index contributed by atoms with van der Waals surface area (Å²) in [6.07, 6.45) is 1.84. The molecule has 0 spiro atoms. The van der Waals surface area contributed by atoms with Gasteiger partial charge in [0.25, 0.3) is 5.69 Å². The molecule has 0 unspecified atom stereocenters.